The second kappa shape index (κ2) is 10.1. The molecular formula is C31H36N4O4. The Morgan fingerprint density at radius 1 is 1.03 bits per heavy atom. The average Bonchev–Trinajstić information content (AvgIpc) is 3.32. The van der Waals surface area contributed by atoms with Crippen molar-refractivity contribution < 1.29 is 19.1 Å². The van der Waals surface area contributed by atoms with Crippen LogP contribution < -0.4 is 9.80 Å². The highest BCUT2D eigenvalue weighted by Gasteiger charge is 2.35. The number of methoxy groups -OCH3 is 1. The van der Waals surface area contributed by atoms with Gasteiger partial charge in [-0.1, -0.05) is 24.6 Å². The molecule has 0 spiro atoms. The number of ether oxygens (including phenoxy) is 1. The molecule has 2 aromatic carbocycles. The zero-order chi connectivity index (χ0) is 27.3. The van der Waals surface area contributed by atoms with Gasteiger partial charge in [0, 0.05) is 35.7 Å². The summed E-state index contributed by atoms with van der Waals surface area (Å²) in [4.78, 5) is 47.1. The summed E-state index contributed by atoms with van der Waals surface area (Å²) in [5.74, 6) is 1.22. The van der Waals surface area contributed by atoms with Crippen molar-refractivity contribution in [3.8, 4) is 0 Å². The largest absolute Gasteiger partial charge is 0.452 e. The van der Waals surface area contributed by atoms with E-state index in [1.165, 1.54) is 12.7 Å². The first kappa shape index (κ1) is 25.6. The Hall–Kier alpha value is -3.68. The summed E-state index contributed by atoms with van der Waals surface area (Å²) in [6.45, 7) is 4.11. The van der Waals surface area contributed by atoms with Crippen LogP contribution in [0.25, 0.3) is 11.0 Å². The Kier molecular flexibility index (Phi) is 6.65. The van der Waals surface area contributed by atoms with E-state index >= 15 is 0 Å². The van der Waals surface area contributed by atoms with Crippen LogP contribution in [0.1, 0.15) is 75.4 Å². The van der Waals surface area contributed by atoms with Crippen LogP contribution in [-0.2, 0) is 33.7 Å². The Morgan fingerprint density at radius 2 is 1.85 bits per heavy atom. The maximum Gasteiger partial charge on any atom is 0.414 e. The van der Waals surface area contributed by atoms with Crippen molar-refractivity contribution in [2.24, 2.45) is 5.92 Å². The lowest BCUT2D eigenvalue weighted by Gasteiger charge is -2.34. The van der Waals surface area contributed by atoms with Crippen LogP contribution in [0.4, 0.5) is 16.2 Å². The fourth-order valence-corrected chi connectivity index (χ4v) is 6.92. The number of carbonyl (C=O) groups excluding carboxylic acids is 3. The number of fused-ring (bicyclic) bond motifs is 4. The summed E-state index contributed by atoms with van der Waals surface area (Å²) in [5.41, 5.74) is 5.90. The molecule has 2 aliphatic heterocycles. The van der Waals surface area contributed by atoms with Crippen LogP contribution in [0.15, 0.2) is 36.4 Å². The minimum absolute atomic E-state index is 0.0288. The van der Waals surface area contributed by atoms with Crippen molar-refractivity contribution in [2.75, 3.05) is 16.9 Å². The van der Waals surface area contributed by atoms with Crippen molar-refractivity contribution in [1.29, 1.82) is 0 Å². The highest BCUT2D eigenvalue weighted by Crippen LogP contribution is 2.41. The second-order valence-electron chi connectivity index (χ2n) is 11.3. The van der Waals surface area contributed by atoms with E-state index < -0.39 is 0 Å². The molecule has 1 saturated carbocycles. The lowest BCUT2D eigenvalue weighted by molar-refractivity contribution is -0.122. The number of anilines is 2. The zero-order valence-electron chi connectivity index (χ0n) is 23.0. The van der Waals surface area contributed by atoms with Crippen LogP contribution in [0.2, 0.25) is 0 Å². The SMILES string of the molecule is COC(=O)N1c2ccc3c(nc(CN4C(=O)CCc5ccccc54)n3[C@@H]3CCC[C@@H](C(C)=O)C3)c2CC[C@@H]1C. The molecule has 0 N–H and O–H groups in total. The standard InChI is InChI=1S/C31H36N4O4/c1-19-11-13-24-26(34(19)31(38)39-3)14-15-27-30(24)32-28(35(27)23-9-6-8-22(17-23)20(2)36)18-33-25-10-5-4-7-21(25)12-16-29(33)37/h4-5,7,10,14-15,19,22-23H,6,8-9,11-13,16-18H2,1-3H3/t19-,22+,23+/m0/s1. The monoisotopic (exact) mass is 528 g/mol. The van der Waals surface area contributed by atoms with Gasteiger partial charge in [-0.3, -0.25) is 14.5 Å². The topological polar surface area (TPSA) is 84.7 Å². The van der Waals surface area contributed by atoms with Crippen molar-refractivity contribution in [3.63, 3.8) is 0 Å². The van der Waals surface area contributed by atoms with E-state index in [1.807, 2.05) is 36.1 Å². The van der Waals surface area contributed by atoms with E-state index in [0.717, 1.165) is 78.7 Å². The molecule has 0 saturated heterocycles. The zero-order valence-corrected chi connectivity index (χ0v) is 23.0. The minimum Gasteiger partial charge on any atom is -0.452 e. The summed E-state index contributed by atoms with van der Waals surface area (Å²) in [6.07, 6.45) is 6.14. The van der Waals surface area contributed by atoms with E-state index in [0.29, 0.717) is 13.0 Å². The molecule has 1 aromatic heterocycles. The maximum atomic E-state index is 13.2. The normalized spacial score (nSPS) is 22.9. The molecule has 3 aromatic rings. The van der Waals surface area contributed by atoms with Gasteiger partial charge in [-0.2, -0.15) is 0 Å². The van der Waals surface area contributed by atoms with Crippen molar-refractivity contribution >= 4 is 40.2 Å². The number of Topliss-reactive ketones (excluding diaryl/α,β-unsaturated/α-hetero) is 1. The number of ketones is 1. The molecule has 3 aliphatic rings. The summed E-state index contributed by atoms with van der Waals surface area (Å²) in [6, 6.07) is 12.3. The molecule has 8 nitrogen and oxygen atoms in total. The van der Waals surface area contributed by atoms with Crippen molar-refractivity contribution in [3.05, 3.63) is 53.3 Å². The Morgan fingerprint density at radius 3 is 2.64 bits per heavy atom. The van der Waals surface area contributed by atoms with Gasteiger partial charge in [0.25, 0.3) is 0 Å². The predicted octanol–water partition coefficient (Wildman–Crippen LogP) is 5.74. The molecule has 6 rings (SSSR count). The van der Waals surface area contributed by atoms with Gasteiger partial charge in [0.15, 0.2) is 0 Å². The van der Waals surface area contributed by atoms with E-state index in [1.54, 1.807) is 11.8 Å². The lowest BCUT2D eigenvalue weighted by Crippen LogP contribution is -2.42. The molecule has 0 unspecified atom stereocenters. The Labute approximate surface area is 228 Å². The highest BCUT2D eigenvalue weighted by atomic mass is 16.5. The maximum absolute atomic E-state index is 13.2. The van der Waals surface area contributed by atoms with Gasteiger partial charge in [0.2, 0.25) is 5.91 Å². The van der Waals surface area contributed by atoms with Gasteiger partial charge in [-0.15, -0.1) is 0 Å². The smallest absolute Gasteiger partial charge is 0.414 e. The number of para-hydroxylation sites is 1. The molecule has 2 amide bonds. The van der Waals surface area contributed by atoms with E-state index in [9.17, 15) is 14.4 Å². The molecular weight excluding hydrogens is 492 g/mol. The van der Waals surface area contributed by atoms with Gasteiger partial charge in [-0.25, -0.2) is 9.78 Å². The summed E-state index contributed by atoms with van der Waals surface area (Å²) in [7, 11) is 1.41. The molecule has 1 aliphatic carbocycles. The summed E-state index contributed by atoms with van der Waals surface area (Å²) < 4.78 is 7.42. The quantitative estimate of drug-likeness (QED) is 0.431. The fourth-order valence-electron chi connectivity index (χ4n) is 6.92. The number of aromatic nitrogens is 2. The molecule has 204 valence electrons. The van der Waals surface area contributed by atoms with Crippen LogP contribution in [-0.4, -0.2) is 40.5 Å². The number of amides is 2. The molecule has 3 atom stereocenters. The first-order chi connectivity index (χ1) is 18.9. The average molecular weight is 529 g/mol. The highest BCUT2D eigenvalue weighted by molar-refractivity contribution is 5.97. The Bertz CT molecular complexity index is 1460. The predicted molar refractivity (Wildman–Crippen MR) is 150 cm³/mol. The number of nitrogens with zero attached hydrogens (tertiary/aromatic N) is 4. The van der Waals surface area contributed by atoms with Crippen LogP contribution in [0.5, 0.6) is 0 Å². The first-order valence-corrected chi connectivity index (χ1v) is 14.2. The van der Waals surface area contributed by atoms with E-state index in [4.69, 9.17) is 9.72 Å². The Balaban J connectivity index is 1.50. The number of hydrogen-bond acceptors (Lipinski definition) is 5. The molecule has 0 bridgehead atoms. The van der Waals surface area contributed by atoms with Crippen molar-refractivity contribution in [1.82, 2.24) is 9.55 Å². The van der Waals surface area contributed by atoms with Gasteiger partial charge in [0.1, 0.15) is 11.6 Å². The molecule has 0 radical (unpaired) electrons. The molecule has 39 heavy (non-hydrogen) atoms. The van der Waals surface area contributed by atoms with E-state index in [-0.39, 0.29) is 35.8 Å². The van der Waals surface area contributed by atoms with Crippen LogP contribution in [0.3, 0.4) is 0 Å². The second-order valence-corrected chi connectivity index (χ2v) is 11.3. The lowest BCUT2D eigenvalue weighted by atomic mass is 9.83. The molecule has 1 fully saturated rings. The summed E-state index contributed by atoms with van der Waals surface area (Å²) >= 11 is 0. The number of hydrogen-bond donors (Lipinski definition) is 0. The van der Waals surface area contributed by atoms with Gasteiger partial charge in [0.05, 0.1) is 30.4 Å². The van der Waals surface area contributed by atoms with Gasteiger partial charge < -0.3 is 14.2 Å². The summed E-state index contributed by atoms with van der Waals surface area (Å²) in [5, 5.41) is 0. The fraction of sp³-hybridized carbons (Fsp3) is 0.484. The minimum atomic E-state index is -0.366. The van der Waals surface area contributed by atoms with Crippen LogP contribution in [0, 0.1) is 5.92 Å². The van der Waals surface area contributed by atoms with Crippen LogP contribution >= 0.6 is 0 Å². The number of imidazole rings is 1. The third kappa shape index (κ3) is 4.39. The molecule has 3 heterocycles. The number of rotatable bonds is 4. The first-order valence-electron chi connectivity index (χ1n) is 14.2. The van der Waals surface area contributed by atoms with Gasteiger partial charge >= 0.3 is 6.09 Å². The number of benzene rings is 2. The number of carbonyl (C=O) groups is 3. The third-order valence-electron chi connectivity index (χ3n) is 8.98. The number of aryl methyl sites for hydroxylation is 2. The van der Waals surface area contributed by atoms with Crippen molar-refractivity contribution in [2.45, 2.75) is 83.8 Å². The molecule has 8 heteroatoms. The van der Waals surface area contributed by atoms with E-state index in [2.05, 4.69) is 16.7 Å². The third-order valence-corrected chi connectivity index (χ3v) is 8.98. The van der Waals surface area contributed by atoms with Gasteiger partial charge in [-0.05, 0) is 76.1 Å².